The Morgan fingerprint density at radius 3 is 2.27 bits per heavy atom. The zero-order chi connectivity index (χ0) is 16.7. The molecule has 0 radical (unpaired) electrons. The number of hydrogen-bond acceptors (Lipinski definition) is 7. The van der Waals surface area contributed by atoms with Gasteiger partial charge in [0.05, 0.1) is 16.8 Å². The summed E-state index contributed by atoms with van der Waals surface area (Å²) in [6, 6.07) is 4.00. The molecule has 12 heteroatoms. The second kappa shape index (κ2) is 5.07. The van der Waals surface area contributed by atoms with Crippen LogP contribution >= 0.6 is 0 Å². The SMILES string of the molecule is N#Cc1cnn(-c2cc(S(=O)(=O)O)ccc2S(=O)(=O)O)c1N. The highest BCUT2D eigenvalue weighted by atomic mass is 32.2. The Labute approximate surface area is 124 Å². The Morgan fingerprint density at radius 2 is 1.82 bits per heavy atom. The van der Waals surface area contributed by atoms with E-state index in [2.05, 4.69) is 5.10 Å². The van der Waals surface area contributed by atoms with E-state index in [1.807, 2.05) is 0 Å². The normalized spacial score (nSPS) is 12.0. The van der Waals surface area contributed by atoms with Gasteiger partial charge in [0, 0.05) is 0 Å². The van der Waals surface area contributed by atoms with Gasteiger partial charge in [-0.3, -0.25) is 9.11 Å². The summed E-state index contributed by atoms with van der Waals surface area (Å²) in [5, 5.41) is 12.5. The van der Waals surface area contributed by atoms with E-state index in [4.69, 9.17) is 15.5 Å². The quantitative estimate of drug-likeness (QED) is 0.637. The average Bonchev–Trinajstić information content (AvgIpc) is 2.77. The van der Waals surface area contributed by atoms with Crippen LogP contribution < -0.4 is 5.73 Å². The van der Waals surface area contributed by atoms with Crippen LogP contribution in [-0.4, -0.2) is 35.7 Å². The van der Waals surface area contributed by atoms with Crippen molar-refractivity contribution in [2.24, 2.45) is 0 Å². The number of aromatic nitrogens is 2. The van der Waals surface area contributed by atoms with Gasteiger partial charge < -0.3 is 5.73 Å². The molecule has 1 heterocycles. The highest BCUT2D eigenvalue weighted by Crippen LogP contribution is 2.26. The summed E-state index contributed by atoms with van der Waals surface area (Å²) in [4.78, 5) is -1.33. The molecule has 0 aliphatic carbocycles. The lowest BCUT2D eigenvalue weighted by Crippen LogP contribution is -2.11. The van der Waals surface area contributed by atoms with E-state index in [-0.39, 0.29) is 11.4 Å². The Morgan fingerprint density at radius 1 is 1.18 bits per heavy atom. The van der Waals surface area contributed by atoms with Crippen molar-refractivity contribution in [2.75, 3.05) is 5.73 Å². The first-order valence-electron chi connectivity index (χ1n) is 5.38. The molecule has 1 aromatic heterocycles. The molecule has 0 aliphatic heterocycles. The zero-order valence-electron chi connectivity index (χ0n) is 10.6. The molecular weight excluding hydrogens is 336 g/mol. The van der Waals surface area contributed by atoms with Crippen molar-refractivity contribution in [3.63, 3.8) is 0 Å². The van der Waals surface area contributed by atoms with Crippen molar-refractivity contribution in [1.82, 2.24) is 9.78 Å². The third-order valence-electron chi connectivity index (χ3n) is 2.66. The third kappa shape index (κ3) is 2.78. The molecule has 0 unspecified atom stereocenters. The lowest BCUT2D eigenvalue weighted by Gasteiger charge is -2.10. The molecule has 0 fully saturated rings. The lowest BCUT2D eigenvalue weighted by molar-refractivity contribution is 0.477. The number of nitrogen functional groups attached to an aromatic ring is 1. The minimum atomic E-state index is -4.73. The Kier molecular flexibility index (Phi) is 3.67. The third-order valence-corrected chi connectivity index (χ3v) is 4.41. The van der Waals surface area contributed by atoms with Crippen molar-refractivity contribution in [3.8, 4) is 11.8 Å². The molecule has 0 aliphatic rings. The first-order valence-corrected chi connectivity index (χ1v) is 8.26. The zero-order valence-corrected chi connectivity index (χ0v) is 12.2. The standard InChI is InChI=1S/C10H8N4O6S2/c11-4-6-5-13-14(10(6)12)8-3-7(21(15,16)17)1-2-9(8)22(18,19)20/h1-3,5H,12H2,(H,15,16,17)(H,18,19,20). The fourth-order valence-electron chi connectivity index (χ4n) is 1.68. The number of benzene rings is 1. The van der Waals surface area contributed by atoms with E-state index in [0.29, 0.717) is 0 Å². The van der Waals surface area contributed by atoms with E-state index >= 15 is 0 Å². The maximum atomic E-state index is 11.4. The van der Waals surface area contributed by atoms with E-state index in [1.165, 1.54) is 0 Å². The molecule has 0 saturated carbocycles. The van der Waals surface area contributed by atoms with Crippen LogP contribution in [0.3, 0.4) is 0 Å². The average molecular weight is 344 g/mol. The maximum absolute atomic E-state index is 11.4. The van der Waals surface area contributed by atoms with E-state index < -0.39 is 35.7 Å². The first-order chi connectivity index (χ1) is 10.1. The van der Waals surface area contributed by atoms with Gasteiger partial charge in [0.25, 0.3) is 20.2 Å². The van der Waals surface area contributed by atoms with Crippen LogP contribution in [0, 0.1) is 11.3 Å². The van der Waals surface area contributed by atoms with Gasteiger partial charge in [0.15, 0.2) is 0 Å². The summed E-state index contributed by atoms with van der Waals surface area (Å²) < 4.78 is 64.0. The van der Waals surface area contributed by atoms with Crippen LogP contribution in [0.4, 0.5) is 5.82 Å². The summed E-state index contributed by atoms with van der Waals surface area (Å²) in [5.41, 5.74) is 5.09. The molecule has 1 aromatic carbocycles. The molecule has 0 bridgehead atoms. The molecule has 0 atom stereocenters. The molecule has 2 aromatic rings. The molecular formula is C10H8N4O6S2. The Balaban J connectivity index is 2.87. The van der Waals surface area contributed by atoms with E-state index in [0.717, 1.165) is 29.1 Å². The van der Waals surface area contributed by atoms with Crippen molar-refractivity contribution >= 4 is 26.1 Å². The van der Waals surface area contributed by atoms with E-state index in [9.17, 15) is 21.4 Å². The minimum absolute atomic E-state index is 0.0847. The van der Waals surface area contributed by atoms with E-state index in [1.54, 1.807) is 6.07 Å². The largest absolute Gasteiger partial charge is 0.382 e. The van der Waals surface area contributed by atoms with Gasteiger partial charge in [-0.2, -0.15) is 27.2 Å². The molecule has 2 rings (SSSR count). The number of nitrogens with two attached hydrogens (primary N) is 1. The molecule has 22 heavy (non-hydrogen) atoms. The van der Waals surface area contributed by atoms with Gasteiger partial charge in [-0.25, -0.2) is 4.68 Å². The fourth-order valence-corrected chi connectivity index (χ4v) is 2.83. The number of nitriles is 1. The predicted octanol–water partition coefficient (Wildman–Crippen LogP) is -0.180. The minimum Gasteiger partial charge on any atom is -0.382 e. The molecule has 0 saturated heterocycles. The second-order valence-electron chi connectivity index (χ2n) is 4.05. The lowest BCUT2D eigenvalue weighted by atomic mass is 10.3. The van der Waals surface area contributed by atoms with Crippen molar-refractivity contribution in [3.05, 3.63) is 30.0 Å². The smallest absolute Gasteiger partial charge is 0.296 e. The van der Waals surface area contributed by atoms with Crippen molar-refractivity contribution < 1.29 is 25.9 Å². The van der Waals surface area contributed by atoms with Crippen LogP contribution in [0.25, 0.3) is 5.69 Å². The monoisotopic (exact) mass is 344 g/mol. The summed E-state index contributed by atoms with van der Waals surface area (Å²) in [7, 11) is -9.36. The van der Waals surface area contributed by atoms with Gasteiger partial charge in [0.2, 0.25) is 0 Å². The first kappa shape index (κ1) is 15.9. The van der Waals surface area contributed by atoms with Gasteiger partial charge in [-0.1, -0.05) is 0 Å². The topological polar surface area (TPSA) is 176 Å². The summed E-state index contributed by atoms with van der Waals surface area (Å²) in [5.74, 6) is -0.264. The molecule has 4 N–H and O–H groups in total. The van der Waals surface area contributed by atoms with Gasteiger partial charge in [-0.15, -0.1) is 0 Å². The summed E-state index contributed by atoms with van der Waals surface area (Å²) >= 11 is 0. The number of anilines is 1. The maximum Gasteiger partial charge on any atom is 0.296 e. The van der Waals surface area contributed by atoms with Crippen molar-refractivity contribution in [1.29, 1.82) is 5.26 Å². The number of hydrogen-bond donors (Lipinski definition) is 3. The van der Waals surface area contributed by atoms with Gasteiger partial charge >= 0.3 is 0 Å². The highest BCUT2D eigenvalue weighted by Gasteiger charge is 2.23. The Hall–Kier alpha value is -2.46. The van der Waals surface area contributed by atoms with Crippen LogP contribution in [0.5, 0.6) is 0 Å². The number of nitrogens with zero attached hydrogens (tertiary/aromatic N) is 3. The van der Waals surface area contributed by atoms with Crippen LogP contribution in [-0.2, 0) is 20.2 Å². The molecule has 116 valence electrons. The van der Waals surface area contributed by atoms with Crippen LogP contribution in [0.1, 0.15) is 5.56 Å². The van der Waals surface area contributed by atoms with Crippen LogP contribution in [0.2, 0.25) is 0 Å². The molecule has 10 nitrogen and oxygen atoms in total. The predicted molar refractivity (Wildman–Crippen MR) is 72.3 cm³/mol. The summed E-state index contributed by atoms with van der Waals surface area (Å²) in [6.45, 7) is 0. The molecule has 0 amide bonds. The number of rotatable bonds is 3. The molecule has 0 spiro atoms. The highest BCUT2D eigenvalue weighted by molar-refractivity contribution is 7.86. The van der Waals surface area contributed by atoms with Gasteiger partial charge in [-0.05, 0) is 18.2 Å². The Bertz CT molecular complexity index is 1000. The second-order valence-corrected chi connectivity index (χ2v) is 6.86. The summed E-state index contributed by atoms with van der Waals surface area (Å²) in [6.07, 6.45) is 1.03. The van der Waals surface area contributed by atoms with Crippen molar-refractivity contribution in [2.45, 2.75) is 9.79 Å². The fraction of sp³-hybridized carbons (Fsp3) is 0. The van der Waals surface area contributed by atoms with Crippen LogP contribution in [0.15, 0.2) is 34.2 Å². The van der Waals surface area contributed by atoms with Gasteiger partial charge in [0.1, 0.15) is 22.3 Å².